The Labute approximate surface area is 153 Å². The Hall–Kier alpha value is -1.86. The summed E-state index contributed by atoms with van der Waals surface area (Å²) in [7, 11) is 1.74. The van der Waals surface area contributed by atoms with E-state index in [1.165, 1.54) is 0 Å². The van der Waals surface area contributed by atoms with Crippen molar-refractivity contribution in [1.29, 1.82) is 0 Å². The van der Waals surface area contributed by atoms with E-state index < -0.39 is 0 Å². The Morgan fingerprint density at radius 2 is 2.20 bits per heavy atom. The fraction of sp³-hybridized carbons (Fsp3) is 0.556. The summed E-state index contributed by atoms with van der Waals surface area (Å²) in [6, 6.07) is 3.98. The van der Waals surface area contributed by atoms with Crippen LogP contribution in [0.3, 0.4) is 0 Å². The normalized spacial score (nSPS) is 13.7. The van der Waals surface area contributed by atoms with Gasteiger partial charge >= 0.3 is 0 Å². The van der Waals surface area contributed by atoms with Gasteiger partial charge in [0.1, 0.15) is 12.0 Å². The maximum absolute atomic E-state index is 5.58. The van der Waals surface area contributed by atoms with Gasteiger partial charge in [-0.15, -0.1) is 11.3 Å². The van der Waals surface area contributed by atoms with Gasteiger partial charge in [0.05, 0.1) is 17.5 Å². The third-order valence-electron chi connectivity index (χ3n) is 3.73. The molecule has 0 saturated heterocycles. The first-order valence-corrected chi connectivity index (χ1v) is 9.35. The Balaban J connectivity index is 1.97. The van der Waals surface area contributed by atoms with E-state index in [2.05, 4.69) is 41.4 Å². The maximum Gasteiger partial charge on any atom is 0.236 e. The van der Waals surface area contributed by atoms with Crippen LogP contribution in [0, 0.1) is 5.41 Å². The van der Waals surface area contributed by atoms with Crippen molar-refractivity contribution in [3.63, 3.8) is 0 Å². The zero-order valence-electron chi connectivity index (χ0n) is 15.6. The highest BCUT2D eigenvalue weighted by Crippen LogP contribution is 2.24. The minimum atomic E-state index is 0.0563. The van der Waals surface area contributed by atoms with E-state index in [0.29, 0.717) is 19.0 Å². The van der Waals surface area contributed by atoms with Crippen LogP contribution in [0.15, 0.2) is 33.2 Å². The average molecular weight is 365 g/mol. The van der Waals surface area contributed by atoms with Crippen molar-refractivity contribution in [1.82, 2.24) is 15.6 Å². The van der Waals surface area contributed by atoms with Gasteiger partial charge in [0.2, 0.25) is 5.89 Å². The van der Waals surface area contributed by atoms with Crippen molar-refractivity contribution < 1.29 is 9.15 Å². The number of aromatic nitrogens is 1. The summed E-state index contributed by atoms with van der Waals surface area (Å²) in [4.78, 5) is 10.1. The van der Waals surface area contributed by atoms with Gasteiger partial charge in [-0.1, -0.05) is 26.8 Å². The molecule has 0 bridgehead atoms. The van der Waals surface area contributed by atoms with Gasteiger partial charge in [0, 0.05) is 20.2 Å². The highest BCUT2D eigenvalue weighted by molar-refractivity contribution is 7.13. The molecule has 1 unspecified atom stereocenters. The quantitative estimate of drug-likeness (QED) is 0.581. The molecule has 2 aromatic rings. The zero-order valence-corrected chi connectivity index (χ0v) is 16.4. The number of nitrogens with one attached hydrogen (secondary N) is 2. The summed E-state index contributed by atoms with van der Waals surface area (Å²) in [6.07, 6.45) is 1.75. The number of rotatable bonds is 7. The highest BCUT2D eigenvalue weighted by Gasteiger charge is 2.24. The van der Waals surface area contributed by atoms with Crippen LogP contribution in [0.4, 0.5) is 0 Å². The fourth-order valence-electron chi connectivity index (χ4n) is 2.33. The molecule has 2 N–H and O–H groups in total. The summed E-state index contributed by atoms with van der Waals surface area (Å²) >= 11 is 1.61. The summed E-state index contributed by atoms with van der Waals surface area (Å²) in [5, 5.41) is 8.59. The summed E-state index contributed by atoms with van der Waals surface area (Å²) in [6.45, 7) is 10.5. The molecule has 25 heavy (non-hydrogen) atoms. The van der Waals surface area contributed by atoms with Crippen molar-refractivity contribution in [2.75, 3.05) is 20.2 Å². The van der Waals surface area contributed by atoms with Crippen LogP contribution in [-0.4, -0.2) is 37.2 Å². The molecule has 0 saturated carbocycles. The molecule has 0 amide bonds. The second-order valence-corrected chi connectivity index (χ2v) is 7.74. The summed E-state index contributed by atoms with van der Waals surface area (Å²) in [5.74, 6) is 1.39. The van der Waals surface area contributed by atoms with Gasteiger partial charge in [0.25, 0.3) is 0 Å². The second kappa shape index (κ2) is 9.01. The lowest BCUT2D eigenvalue weighted by Crippen LogP contribution is -2.45. The first-order chi connectivity index (χ1) is 11.9. The van der Waals surface area contributed by atoms with Crippen molar-refractivity contribution in [3.8, 4) is 10.8 Å². The number of oxazole rings is 1. The Morgan fingerprint density at radius 3 is 2.80 bits per heavy atom. The predicted molar refractivity (Wildman–Crippen MR) is 103 cm³/mol. The number of guanidine groups is 1. The zero-order chi connectivity index (χ0) is 18.3. The molecular formula is C18H28N4O2S. The number of nitrogens with zero attached hydrogens (tertiary/aromatic N) is 2. The van der Waals surface area contributed by atoms with Crippen molar-refractivity contribution in [3.05, 3.63) is 29.5 Å². The predicted octanol–water partition coefficient (Wildman–Crippen LogP) is 3.52. The highest BCUT2D eigenvalue weighted by atomic mass is 32.1. The molecule has 0 aliphatic carbocycles. The minimum absolute atomic E-state index is 0.0563. The van der Waals surface area contributed by atoms with E-state index in [1.807, 2.05) is 24.4 Å². The Kier molecular flexibility index (Phi) is 7.01. The number of hydrogen-bond acceptors (Lipinski definition) is 5. The fourth-order valence-corrected chi connectivity index (χ4v) is 2.98. The van der Waals surface area contributed by atoms with E-state index in [-0.39, 0.29) is 11.5 Å². The molecule has 2 rings (SSSR count). The number of thiophene rings is 1. The molecule has 0 aromatic carbocycles. The van der Waals surface area contributed by atoms with E-state index in [9.17, 15) is 0 Å². The second-order valence-electron chi connectivity index (χ2n) is 6.79. The minimum Gasteiger partial charge on any atom is -0.443 e. The van der Waals surface area contributed by atoms with Crippen molar-refractivity contribution in [2.45, 2.75) is 40.3 Å². The number of aliphatic imine (C=N–C) groups is 1. The maximum atomic E-state index is 5.58. The molecule has 0 radical (unpaired) electrons. The molecular weight excluding hydrogens is 336 g/mol. The van der Waals surface area contributed by atoms with E-state index >= 15 is 0 Å². The smallest absolute Gasteiger partial charge is 0.236 e. The van der Waals surface area contributed by atoms with Crippen LogP contribution in [0.25, 0.3) is 10.8 Å². The molecule has 2 heterocycles. The van der Waals surface area contributed by atoms with Gasteiger partial charge in [-0.25, -0.2) is 9.98 Å². The Bertz CT molecular complexity index is 659. The van der Waals surface area contributed by atoms with E-state index in [4.69, 9.17) is 9.15 Å². The van der Waals surface area contributed by atoms with Gasteiger partial charge in [-0.3, -0.25) is 0 Å². The average Bonchev–Trinajstić information content (AvgIpc) is 3.22. The lowest BCUT2D eigenvalue weighted by molar-refractivity contribution is 0.0205. The van der Waals surface area contributed by atoms with Crippen molar-refractivity contribution >= 4 is 17.3 Å². The molecule has 7 heteroatoms. The SMILES string of the molecule is CCNC(=NCc1coc(-c2cccs2)n1)NCC(OC)C(C)(C)C. The van der Waals surface area contributed by atoms with E-state index in [0.717, 1.165) is 23.1 Å². The largest absolute Gasteiger partial charge is 0.443 e. The van der Waals surface area contributed by atoms with Gasteiger partial charge in [-0.05, 0) is 23.8 Å². The van der Waals surface area contributed by atoms with Crippen LogP contribution in [0.2, 0.25) is 0 Å². The van der Waals surface area contributed by atoms with Crippen LogP contribution in [0.5, 0.6) is 0 Å². The molecule has 0 aliphatic rings. The first-order valence-electron chi connectivity index (χ1n) is 8.47. The molecule has 1 atom stereocenters. The lowest BCUT2D eigenvalue weighted by Gasteiger charge is -2.30. The molecule has 2 aromatic heterocycles. The summed E-state index contributed by atoms with van der Waals surface area (Å²) in [5.41, 5.74) is 0.862. The lowest BCUT2D eigenvalue weighted by atomic mass is 9.89. The van der Waals surface area contributed by atoms with Crippen LogP contribution < -0.4 is 10.6 Å². The molecule has 0 aliphatic heterocycles. The van der Waals surface area contributed by atoms with Gasteiger partial charge in [-0.2, -0.15) is 0 Å². The summed E-state index contributed by atoms with van der Waals surface area (Å²) < 4.78 is 11.1. The number of ether oxygens (including phenoxy) is 1. The number of methoxy groups -OCH3 is 1. The molecule has 6 nitrogen and oxygen atoms in total. The topological polar surface area (TPSA) is 71.7 Å². The van der Waals surface area contributed by atoms with Crippen LogP contribution >= 0.6 is 11.3 Å². The number of hydrogen-bond donors (Lipinski definition) is 2. The van der Waals surface area contributed by atoms with E-state index in [1.54, 1.807) is 24.7 Å². The molecule has 0 fully saturated rings. The molecule has 138 valence electrons. The van der Waals surface area contributed by atoms with Gasteiger partial charge in [0.15, 0.2) is 5.96 Å². The first kappa shape index (κ1) is 19.5. The van der Waals surface area contributed by atoms with Crippen LogP contribution in [0.1, 0.15) is 33.4 Å². The Morgan fingerprint density at radius 1 is 1.40 bits per heavy atom. The third-order valence-corrected chi connectivity index (χ3v) is 4.59. The molecule has 0 spiro atoms. The third kappa shape index (κ3) is 5.86. The van der Waals surface area contributed by atoms with Crippen LogP contribution in [-0.2, 0) is 11.3 Å². The standard InChI is InChI=1S/C18H28N4O2S/c1-6-19-17(21-11-15(23-5)18(2,3)4)20-10-13-12-24-16(22-13)14-8-7-9-25-14/h7-9,12,15H,6,10-11H2,1-5H3,(H2,19,20,21). The van der Waals surface area contributed by atoms with Crippen molar-refractivity contribution in [2.24, 2.45) is 10.4 Å². The monoisotopic (exact) mass is 364 g/mol. The van der Waals surface area contributed by atoms with Gasteiger partial charge < -0.3 is 19.8 Å².